The third kappa shape index (κ3) is 4.68. The Morgan fingerprint density at radius 1 is 1.20 bits per heavy atom. The van der Waals surface area contributed by atoms with Crippen LogP contribution in [0, 0.1) is 5.92 Å². The first-order valence-electron chi connectivity index (χ1n) is 10.5. The summed E-state index contributed by atoms with van der Waals surface area (Å²) >= 11 is 0. The first-order valence-corrected chi connectivity index (χ1v) is 10.5. The van der Waals surface area contributed by atoms with Crippen molar-refractivity contribution in [3.05, 3.63) is 53.7 Å². The van der Waals surface area contributed by atoms with Gasteiger partial charge in [-0.05, 0) is 36.6 Å². The van der Waals surface area contributed by atoms with Gasteiger partial charge in [-0.3, -0.25) is 14.6 Å². The lowest BCUT2D eigenvalue weighted by Crippen LogP contribution is -2.52. The molecule has 1 atom stereocenters. The zero-order chi connectivity index (χ0) is 20.2. The minimum atomic E-state index is -0.0778. The van der Waals surface area contributed by atoms with Crippen LogP contribution in [0.2, 0.25) is 0 Å². The van der Waals surface area contributed by atoms with Crippen molar-refractivity contribution in [2.75, 3.05) is 32.7 Å². The van der Waals surface area contributed by atoms with Crippen molar-refractivity contribution < 1.29 is 14.0 Å². The Bertz CT molecular complexity index is 849. The van der Waals surface area contributed by atoms with E-state index in [-0.39, 0.29) is 36.2 Å². The number of amides is 2. The molecule has 4 rings (SSSR count). The Kier molecular flexibility index (Phi) is 7.50. The predicted molar refractivity (Wildman–Crippen MR) is 116 cm³/mol. The summed E-state index contributed by atoms with van der Waals surface area (Å²) in [6.45, 7) is 5.41. The van der Waals surface area contributed by atoms with Gasteiger partial charge >= 0.3 is 0 Å². The van der Waals surface area contributed by atoms with Crippen LogP contribution in [-0.4, -0.2) is 59.3 Å². The van der Waals surface area contributed by atoms with E-state index in [0.717, 1.165) is 30.8 Å². The number of halogens is 1. The van der Waals surface area contributed by atoms with Gasteiger partial charge in [-0.25, -0.2) is 0 Å². The monoisotopic (exact) mass is 432 g/mol. The number of likely N-dealkylation sites (tertiary alicyclic amines) is 1. The maximum absolute atomic E-state index is 13.3. The topological polar surface area (TPSA) is 78.7 Å². The van der Waals surface area contributed by atoms with Crippen molar-refractivity contribution >= 4 is 24.2 Å². The average Bonchev–Trinajstić information content (AvgIpc) is 3.28. The zero-order valence-corrected chi connectivity index (χ0v) is 18.1. The number of piperazine rings is 1. The molecule has 0 aromatic carbocycles. The number of aryl methyl sites for hydroxylation is 1. The molecular weight excluding hydrogens is 404 g/mol. The maximum atomic E-state index is 13.3. The van der Waals surface area contributed by atoms with Crippen molar-refractivity contribution in [2.24, 2.45) is 5.92 Å². The number of hydrogen-bond acceptors (Lipinski definition) is 5. The van der Waals surface area contributed by atoms with Crippen molar-refractivity contribution in [1.82, 2.24) is 20.1 Å². The molecule has 2 aromatic rings. The van der Waals surface area contributed by atoms with Crippen LogP contribution < -0.4 is 5.32 Å². The highest BCUT2D eigenvalue weighted by molar-refractivity contribution is 5.91. The lowest BCUT2D eigenvalue weighted by atomic mass is 9.93. The van der Waals surface area contributed by atoms with E-state index in [1.165, 1.54) is 0 Å². The highest BCUT2D eigenvalue weighted by Gasteiger charge is 2.35. The Hall–Kier alpha value is -2.38. The van der Waals surface area contributed by atoms with Gasteiger partial charge in [0.05, 0.1) is 6.04 Å². The van der Waals surface area contributed by atoms with Crippen LogP contribution in [0.15, 0.2) is 41.1 Å². The molecule has 0 aliphatic carbocycles. The number of nitrogens with one attached hydrogen (secondary N) is 1. The molecule has 0 radical (unpaired) electrons. The van der Waals surface area contributed by atoms with E-state index in [2.05, 4.69) is 10.3 Å². The van der Waals surface area contributed by atoms with Crippen LogP contribution in [0.25, 0.3) is 0 Å². The number of aromatic nitrogens is 1. The number of nitrogens with zero attached hydrogens (tertiary/aromatic N) is 3. The smallest absolute Gasteiger partial charge is 0.289 e. The van der Waals surface area contributed by atoms with Gasteiger partial charge in [0.25, 0.3) is 5.91 Å². The van der Waals surface area contributed by atoms with Gasteiger partial charge in [0.2, 0.25) is 5.91 Å². The maximum Gasteiger partial charge on any atom is 0.289 e. The SMILES string of the molecule is CCc1ccc(C(=O)N2CCC(C(=O)N3CCNCC3c3cccnc3)CC2)o1.Cl. The Morgan fingerprint density at radius 2 is 2.00 bits per heavy atom. The van der Waals surface area contributed by atoms with Crippen molar-refractivity contribution in [2.45, 2.75) is 32.2 Å². The summed E-state index contributed by atoms with van der Waals surface area (Å²) in [5.41, 5.74) is 1.06. The van der Waals surface area contributed by atoms with E-state index in [9.17, 15) is 9.59 Å². The van der Waals surface area contributed by atoms with E-state index in [4.69, 9.17) is 4.42 Å². The number of carbonyl (C=O) groups is 2. The van der Waals surface area contributed by atoms with E-state index in [1.54, 1.807) is 17.2 Å². The van der Waals surface area contributed by atoms with E-state index < -0.39 is 0 Å². The predicted octanol–water partition coefficient (Wildman–Crippen LogP) is 2.68. The van der Waals surface area contributed by atoms with Crippen molar-refractivity contribution in [1.29, 1.82) is 0 Å². The molecule has 0 spiro atoms. The summed E-state index contributed by atoms with van der Waals surface area (Å²) < 4.78 is 5.60. The third-order valence-corrected chi connectivity index (χ3v) is 5.95. The second-order valence-electron chi connectivity index (χ2n) is 7.72. The Labute approximate surface area is 183 Å². The molecule has 4 heterocycles. The first kappa shape index (κ1) is 22.3. The zero-order valence-electron chi connectivity index (χ0n) is 17.3. The van der Waals surface area contributed by atoms with E-state index in [1.807, 2.05) is 36.2 Å². The number of hydrogen-bond donors (Lipinski definition) is 1. The van der Waals surface area contributed by atoms with Gasteiger partial charge in [0.15, 0.2) is 5.76 Å². The van der Waals surface area contributed by atoms with Crippen molar-refractivity contribution in [3.63, 3.8) is 0 Å². The summed E-state index contributed by atoms with van der Waals surface area (Å²) in [4.78, 5) is 34.0. The molecule has 162 valence electrons. The number of rotatable bonds is 4. The quantitative estimate of drug-likeness (QED) is 0.803. The molecule has 0 saturated carbocycles. The Morgan fingerprint density at radius 3 is 2.67 bits per heavy atom. The van der Waals surface area contributed by atoms with Crippen LogP contribution >= 0.6 is 12.4 Å². The summed E-state index contributed by atoms with van der Waals surface area (Å²) in [6, 6.07) is 7.56. The van der Waals surface area contributed by atoms with Crippen molar-refractivity contribution in [3.8, 4) is 0 Å². The second kappa shape index (κ2) is 10.1. The minimum absolute atomic E-state index is 0. The molecule has 8 heteroatoms. The summed E-state index contributed by atoms with van der Waals surface area (Å²) in [5, 5.41) is 3.38. The first-order chi connectivity index (χ1) is 14.2. The summed E-state index contributed by atoms with van der Waals surface area (Å²) in [7, 11) is 0. The van der Waals surface area contributed by atoms with E-state index in [0.29, 0.717) is 38.2 Å². The fourth-order valence-electron chi connectivity index (χ4n) is 4.24. The molecule has 0 bridgehead atoms. The molecule has 2 aliphatic heterocycles. The third-order valence-electron chi connectivity index (χ3n) is 5.95. The molecule has 2 aromatic heterocycles. The standard InChI is InChI=1S/C22H28N4O3.ClH/c1-2-18-5-6-20(29-18)22(28)25-11-7-16(8-12-25)21(27)26-13-10-24-15-19(26)17-4-3-9-23-14-17;/h3-6,9,14,16,19,24H,2,7-8,10-13,15H2,1H3;1H. The number of pyridine rings is 1. The van der Waals surface area contributed by atoms with Gasteiger partial charge in [0, 0.05) is 57.5 Å². The molecular formula is C22H29ClN4O3. The van der Waals surface area contributed by atoms with Gasteiger partial charge in [0.1, 0.15) is 5.76 Å². The van der Waals surface area contributed by atoms with Crippen LogP contribution in [0.4, 0.5) is 0 Å². The summed E-state index contributed by atoms with van der Waals surface area (Å²) in [6.07, 6.45) is 5.74. The van der Waals surface area contributed by atoms with Gasteiger partial charge in [-0.15, -0.1) is 12.4 Å². The van der Waals surface area contributed by atoms with E-state index >= 15 is 0 Å². The number of piperidine rings is 1. The second-order valence-corrected chi connectivity index (χ2v) is 7.72. The largest absolute Gasteiger partial charge is 0.456 e. The fraction of sp³-hybridized carbons (Fsp3) is 0.500. The Balaban J connectivity index is 0.00000256. The highest BCUT2D eigenvalue weighted by atomic mass is 35.5. The molecule has 7 nitrogen and oxygen atoms in total. The van der Waals surface area contributed by atoms with Crippen LogP contribution in [0.1, 0.15) is 47.7 Å². The molecule has 2 saturated heterocycles. The van der Waals surface area contributed by atoms with Crippen LogP contribution in [-0.2, 0) is 11.2 Å². The fourth-order valence-corrected chi connectivity index (χ4v) is 4.24. The molecule has 2 aliphatic rings. The van der Waals surface area contributed by atoms with Gasteiger partial charge in [-0.2, -0.15) is 0 Å². The number of furan rings is 1. The van der Waals surface area contributed by atoms with Crippen LogP contribution in [0.3, 0.4) is 0 Å². The molecule has 30 heavy (non-hydrogen) atoms. The minimum Gasteiger partial charge on any atom is -0.456 e. The average molecular weight is 433 g/mol. The lowest BCUT2D eigenvalue weighted by Gasteiger charge is -2.40. The van der Waals surface area contributed by atoms with Crippen LogP contribution in [0.5, 0.6) is 0 Å². The lowest BCUT2D eigenvalue weighted by molar-refractivity contribution is -0.140. The molecule has 2 amide bonds. The molecule has 1 unspecified atom stereocenters. The molecule has 2 fully saturated rings. The number of carbonyl (C=O) groups excluding carboxylic acids is 2. The van der Waals surface area contributed by atoms with Gasteiger partial charge < -0.3 is 19.5 Å². The normalized spacial score (nSPS) is 20.0. The molecule has 1 N–H and O–H groups in total. The summed E-state index contributed by atoms with van der Waals surface area (Å²) in [5.74, 6) is 1.28. The highest BCUT2D eigenvalue weighted by Crippen LogP contribution is 2.28. The van der Waals surface area contributed by atoms with Gasteiger partial charge in [-0.1, -0.05) is 13.0 Å².